The number of nitrogens with zero attached hydrogens (tertiary/aromatic N) is 1. The summed E-state index contributed by atoms with van der Waals surface area (Å²) in [6.45, 7) is 2.01. The van der Waals surface area contributed by atoms with E-state index in [9.17, 15) is 13.2 Å². The molecule has 9 heteroatoms. The summed E-state index contributed by atoms with van der Waals surface area (Å²) in [7, 11) is 1.09. The second-order valence-electron chi connectivity index (χ2n) is 7.01. The molecule has 1 N–H and O–H groups in total. The summed E-state index contributed by atoms with van der Waals surface area (Å²) >= 11 is 0. The Labute approximate surface area is 184 Å². The number of para-hydroxylation sites is 2. The number of ether oxygens (including phenoxy) is 3. The van der Waals surface area contributed by atoms with Crippen molar-refractivity contribution >= 4 is 21.6 Å². The molecule has 8 nitrogen and oxygen atoms in total. The molecule has 0 saturated carbocycles. The zero-order chi connectivity index (χ0) is 23.0. The van der Waals surface area contributed by atoms with Gasteiger partial charge in [0.25, 0.3) is 0 Å². The van der Waals surface area contributed by atoms with Crippen LogP contribution >= 0.6 is 0 Å². The lowest BCUT2D eigenvalue weighted by Crippen LogP contribution is -2.33. The Morgan fingerprint density at radius 1 is 1.03 bits per heavy atom. The number of anilines is 1. The fraction of sp³-hybridized carbons (Fsp3) is 0.409. The van der Waals surface area contributed by atoms with Crippen LogP contribution in [0.2, 0.25) is 0 Å². The number of hydrogen-bond acceptors (Lipinski definition) is 6. The summed E-state index contributed by atoms with van der Waals surface area (Å²) in [6.07, 6.45) is 1.65. The third kappa shape index (κ3) is 6.52. The highest BCUT2D eigenvalue weighted by atomic mass is 32.2. The first-order chi connectivity index (χ1) is 14.7. The zero-order valence-electron chi connectivity index (χ0n) is 18.5. The van der Waals surface area contributed by atoms with E-state index in [2.05, 4.69) is 5.32 Å². The summed E-state index contributed by atoms with van der Waals surface area (Å²) in [5.74, 6) is 1.58. The van der Waals surface area contributed by atoms with Crippen molar-refractivity contribution in [3.63, 3.8) is 0 Å². The van der Waals surface area contributed by atoms with Crippen LogP contribution in [0.5, 0.6) is 17.2 Å². The molecule has 170 valence electrons. The van der Waals surface area contributed by atoms with Gasteiger partial charge in [0.2, 0.25) is 15.9 Å². The molecule has 0 aromatic heterocycles. The Bertz CT molecular complexity index is 993. The summed E-state index contributed by atoms with van der Waals surface area (Å²) in [6, 6.07) is 12.0. The topological polar surface area (TPSA) is 94.2 Å². The molecule has 0 saturated heterocycles. The maximum Gasteiger partial charge on any atom is 0.232 e. The summed E-state index contributed by atoms with van der Waals surface area (Å²) in [5, 5.41) is 2.93. The van der Waals surface area contributed by atoms with E-state index in [4.69, 9.17) is 14.2 Å². The van der Waals surface area contributed by atoms with Gasteiger partial charge >= 0.3 is 0 Å². The van der Waals surface area contributed by atoms with E-state index in [0.717, 1.165) is 11.8 Å². The molecule has 0 bridgehead atoms. The SMILES string of the molecule is COc1ccc(OC)c([C@@H](C)NC(=O)CCCN(c2ccccc2OC)S(C)(=O)=O)c1. The smallest absolute Gasteiger partial charge is 0.232 e. The minimum Gasteiger partial charge on any atom is -0.497 e. The van der Waals surface area contributed by atoms with Gasteiger partial charge in [0.15, 0.2) is 0 Å². The van der Waals surface area contributed by atoms with E-state index in [0.29, 0.717) is 29.4 Å². The maximum absolute atomic E-state index is 12.5. The average Bonchev–Trinajstić information content (AvgIpc) is 2.75. The highest BCUT2D eigenvalue weighted by Gasteiger charge is 2.21. The second kappa shape index (κ2) is 10.9. The molecule has 0 aliphatic rings. The molecular formula is C22H30N2O6S. The van der Waals surface area contributed by atoms with E-state index in [1.54, 1.807) is 50.6 Å². The number of hydrogen-bond donors (Lipinski definition) is 1. The lowest BCUT2D eigenvalue weighted by Gasteiger charge is -2.24. The monoisotopic (exact) mass is 450 g/mol. The Hall–Kier alpha value is -2.94. The van der Waals surface area contributed by atoms with Crippen molar-refractivity contribution in [2.45, 2.75) is 25.8 Å². The van der Waals surface area contributed by atoms with Gasteiger partial charge in [0.1, 0.15) is 17.2 Å². The highest BCUT2D eigenvalue weighted by molar-refractivity contribution is 7.92. The number of benzene rings is 2. The fourth-order valence-corrected chi connectivity index (χ4v) is 4.22. The number of amides is 1. The summed E-state index contributed by atoms with van der Waals surface area (Å²) in [4.78, 5) is 12.5. The first-order valence-corrected chi connectivity index (χ1v) is 11.7. The second-order valence-corrected chi connectivity index (χ2v) is 8.91. The van der Waals surface area contributed by atoms with Crippen molar-refractivity contribution in [1.82, 2.24) is 5.32 Å². The van der Waals surface area contributed by atoms with Crippen LogP contribution < -0.4 is 23.8 Å². The zero-order valence-corrected chi connectivity index (χ0v) is 19.4. The molecule has 0 unspecified atom stereocenters. The molecule has 2 rings (SSSR count). The van der Waals surface area contributed by atoms with E-state index < -0.39 is 10.0 Å². The number of sulfonamides is 1. The Morgan fingerprint density at radius 2 is 1.71 bits per heavy atom. The van der Waals surface area contributed by atoms with Gasteiger partial charge in [-0.05, 0) is 43.7 Å². The van der Waals surface area contributed by atoms with Crippen LogP contribution in [-0.4, -0.2) is 48.5 Å². The van der Waals surface area contributed by atoms with Gasteiger partial charge < -0.3 is 19.5 Å². The molecule has 31 heavy (non-hydrogen) atoms. The number of methoxy groups -OCH3 is 3. The van der Waals surface area contributed by atoms with Crippen molar-refractivity contribution < 1.29 is 27.4 Å². The Balaban J connectivity index is 2.03. The van der Waals surface area contributed by atoms with Crippen molar-refractivity contribution in [3.05, 3.63) is 48.0 Å². The molecule has 2 aromatic rings. The predicted molar refractivity (Wildman–Crippen MR) is 121 cm³/mol. The largest absolute Gasteiger partial charge is 0.497 e. The molecular weight excluding hydrogens is 420 g/mol. The number of rotatable bonds is 11. The van der Waals surface area contributed by atoms with Gasteiger partial charge in [-0.1, -0.05) is 12.1 Å². The highest BCUT2D eigenvalue weighted by Crippen LogP contribution is 2.30. The predicted octanol–water partition coefficient (Wildman–Crippen LogP) is 3.14. The van der Waals surface area contributed by atoms with Gasteiger partial charge in [0, 0.05) is 18.5 Å². The maximum atomic E-state index is 12.5. The minimum absolute atomic E-state index is 0.156. The lowest BCUT2D eigenvalue weighted by molar-refractivity contribution is -0.121. The summed E-state index contributed by atoms with van der Waals surface area (Å²) in [5.41, 5.74) is 1.24. The van der Waals surface area contributed by atoms with Gasteiger partial charge in [-0.3, -0.25) is 9.10 Å². The van der Waals surface area contributed by atoms with Crippen LogP contribution in [-0.2, 0) is 14.8 Å². The Morgan fingerprint density at radius 3 is 2.32 bits per heavy atom. The standard InChI is InChI=1S/C22H30N2O6S/c1-16(18-15-17(28-2)12-13-20(18)29-3)23-22(25)11-8-14-24(31(5,26)27)19-9-6-7-10-21(19)30-4/h6-7,9-10,12-13,15-16H,8,11,14H2,1-5H3,(H,23,25)/t16-/m1/s1. The molecule has 0 radical (unpaired) electrons. The molecule has 0 aliphatic carbocycles. The molecule has 1 amide bonds. The van der Waals surface area contributed by atoms with Crippen molar-refractivity contribution in [2.24, 2.45) is 0 Å². The molecule has 0 spiro atoms. The molecule has 0 fully saturated rings. The van der Waals surface area contributed by atoms with Crippen molar-refractivity contribution in [2.75, 3.05) is 38.4 Å². The number of nitrogens with one attached hydrogen (secondary N) is 1. The lowest BCUT2D eigenvalue weighted by atomic mass is 10.1. The van der Waals surface area contributed by atoms with Gasteiger partial charge in [0.05, 0.1) is 39.3 Å². The normalized spacial score (nSPS) is 12.0. The van der Waals surface area contributed by atoms with Crippen LogP contribution in [0.25, 0.3) is 0 Å². The van der Waals surface area contributed by atoms with Crippen molar-refractivity contribution in [1.29, 1.82) is 0 Å². The van der Waals surface area contributed by atoms with E-state index in [-0.39, 0.29) is 24.9 Å². The first-order valence-electron chi connectivity index (χ1n) is 9.83. The van der Waals surface area contributed by atoms with Gasteiger partial charge in [-0.25, -0.2) is 8.42 Å². The number of carbonyl (C=O) groups is 1. The third-order valence-corrected chi connectivity index (χ3v) is 5.98. The molecule has 0 heterocycles. The van der Waals surface area contributed by atoms with E-state index in [1.807, 2.05) is 13.0 Å². The molecule has 0 aliphatic heterocycles. The quantitative estimate of drug-likeness (QED) is 0.565. The average molecular weight is 451 g/mol. The Kier molecular flexibility index (Phi) is 8.56. The van der Waals surface area contributed by atoms with Crippen LogP contribution in [0.4, 0.5) is 5.69 Å². The van der Waals surface area contributed by atoms with E-state index >= 15 is 0 Å². The third-order valence-electron chi connectivity index (χ3n) is 4.80. The van der Waals surface area contributed by atoms with Crippen LogP contribution in [0.3, 0.4) is 0 Å². The van der Waals surface area contributed by atoms with Crippen LogP contribution in [0.1, 0.15) is 31.4 Å². The molecule has 2 aromatic carbocycles. The van der Waals surface area contributed by atoms with Gasteiger partial charge in [-0.15, -0.1) is 0 Å². The van der Waals surface area contributed by atoms with Crippen LogP contribution in [0.15, 0.2) is 42.5 Å². The number of carbonyl (C=O) groups excluding carboxylic acids is 1. The van der Waals surface area contributed by atoms with E-state index in [1.165, 1.54) is 11.4 Å². The molecule has 1 atom stereocenters. The minimum atomic E-state index is -3.54. The van der Waals surface area contributed by atoms with Gasteiger partial charge in [-0.2, -0.15) is 0 Å². The first kappa shape index (κ1) is 24.3. The summed E-state index contributed by atoms with van der Waals surface area (Å²) < 4.78 is 41.8. The fourth-order valence-electron chi connectivity index (χ4n) is 3.25. The van der Waals surface area contributed by atoms with Crippen molar-refractivity contribution in [3.8, 4) is 17.2 Å². The van der Waals surface area contributed by atoms with Crippen LogP contribution in [0, 0.1) is 0 Å².